The molecule has 1 atom stereocenters. The van der Waals surface area contributed by atoms with Crippen molar-refractivity contribution in [3.8, 4) is 5.75 Å². The number of amides is 2. The van der Waals surface area contributed by atoms with Crippen LogP contribution in [0.4, 0.5) is 0 Å². The fourth-order valence-electron chi connectivity index (χ4n) is 3.60. The number of carbonyl (C=O) groups excluding carboxylic acids is 2. The quantitative estimate of drug-likeness (QED) is 0.755. The Kier molecular flexibility index (Phi) is 6.88. The largest absolute Gasteiger partial charge is 0.496 e. The van der Waals surface area contributed by atoms with E-state index in [9.17, 15) is 9.59 Å². The molecule has 0 bridgehead atoms. The molecule has 3 rings (SSSR count). The van der Waals surface area contributed by atoms with Gasteiger partial charge in [-0.1, -0.05) is 42.0 Å². The van der Waals surface area contributed by atoms with Crippen molar-refractivity contribution in [3.05, 3.63) is 64.7 Å². The number of methoxy groups -OCH3 is 1. The van der Waals surface area contributed by atoms with Crippen LogP contribution in [0.25, 0.3) is 0 Å². The Morgan fingerprint density at radius 1 is 1.17 bits per heavy atom. The van der Waals surface area contributed by atoms with E-state index in [-0.39, 0.29) is 18.2 Å². The molecule has 2 aromatic carbocycles. The second-order valence-electron chi connectivity index (χ2n) is 7.55. The molecule has 2 amide bonds. The van der Waals surface area contributed by atoms with Crippen LogP contribution < -0.4 is 15.4 Å². The van der Waals surface area contributed by atoms with Gasteiger partial charge in [0.25, 0.3) is 0 Å². The summed E-state index contributed by atoms with van der Waals surface area (Å²) >= 11 is 0. The van der Waals surface area contributed by atoms with Gasteiger partial charge in [0.2, 0.25) is 11.8 Å². The smallest absolute Gasteiger partial charge is 0.237 e. The molecule has 1 fully saturated rings. The fourth-order valence-corrected chi connectivity index (χ4v) is 3.60. The highest BCUT2D eigenvalue weighted by atomic mass is 16.5. The molecule has 1 heterocycles. The third-order valence-electron chi connectivity index (χ3n) is 5.28. The number of rotatable bonds is 7. The molecule has 6 nitrogen and oxygen atoms in total. The first-order valence-corrected chi connectivity index (χ1v) is 9.94. The van der Waals surface area contributed by atoms with Gasteiger partial charge in [0.05, 0.1) is 19.6 Å². The van der Waals surface area contributed by atoms with E-state index in [1.54, 1.807) is 7.11 Å². The lowest BCUT2D eigenvalue weighted by molar-refractivity contribution is -0.134. The summed E-state index contributed by atoms with van der Waals surface area (Å²) in [7, 11) is 1.65. The molecule has 6 heteroatoms. The van der Waals surface area contributed by atoms with Crippen LogP contribution in [0, 0.1) is 13.8 Å². The van der Waals surface area contributed by atoms with Gasteiger partial charge in [-0.3, -0.25) is 14.5 Å². The lowest BCUT2D eigenvalue weighted by atomic mass is 10.0. The Balaban J connectivity index is 1.61. The van der Waals surface area contributed by atoms with Crippen molar-refractivity contribution in [1.29, 1.82) is 0 Å². The summed E-state index contributed by atoms with van der Waals surface area (Å²) in [6.07, 6.45) is 0.146. The van der Waals surface area contributed by atoms with E-state index in [0.29, 0.717) is 26.2 Å². The lowest BCUT2D eigenvalue weighted by Crippen LogP contribution is -2.56. The molecule has 0 saturated carbocycles. The molecule has 0 unspecified atom stereocenters. The minimum Gasteiger partial charge on any atom is -0.496 e. The van der Waals surface area contributed by atoms with E-state index >= 15 is 0 Å². The molecular weight excluding hydrogens is 366 g/mol. The van der Waals surface area contributed by atoms with Crippen LogP contribution in [-0.2, 0) is 22.7 Å². The van der Waals surface area contributed by atoms with Crippen LogP contribution >= 0.6 is 0 Å². The van der Waals surface area contributed by atoms with Gasteiger partial charge in [-0.25, -0.2) is 0 Å². The van der Waals surface area contributed by atoms with Crippen molar-refractivity contribution >= 4 is 11.8 Å². The minimum atomic E-state index is -0.468. The number of piperazine rings is 1. The van der Waals surface area contributed by atoms with Crippen molar-refractivity contribution in [2.45, 2.75) is 39.4 Å². The lowest BCUT2D eigenvalue weighted by Gasteiger charge is -2.34. The van der Waals surface area contributed by atoms with Gasteiger partial charge in [0, 0.05) is 26.2 Å². The molecular formula is C23H29N3O3. The number of aryl methyl sites for hydroxylation is 2. The Morgan fingerprint density at radius 2 is 1.90 bits per heavy atom. The predicted octanol–water partition coefficient (Wildman–Crippen LogP) is 2.32. The zero-order valence-electron chi connectivity index (χ0n) is 17.3. The van der Waals surface area contributed by atoms with E-state index < -0.39 is 6.04 Å². The average Bonchev–Trinajstić information content (AvgIpc) is 2.70. The molecule has 154 valence electrons. The SMILES string of the molecule is COc1ccc(CN2CCNC(=O)[C@@H]2CC(=O)NCc2ccc(C)cc2)cc1C. The highest BCUT2D eigenvalue weighted by molar-refractivity contribution is 5.88. The monoisotopic (exact) mass is 395 g/mol. The summed E-state index contributed by atoms with van der Waals surface area (Å²) in [4.78, 5) is 27.0. The first kappa shape index (κ1) is 20.9. The number of carbonyl (C=O) groups is 2. The number of nitrogens with zero attached hydrogens (tertiary/aromatic N) is 1. The van der Waals surface area contributed by atoms with Crippen LogP contribution in [0.15, 0.2) is 42.5 Å². The summed E-state index contributed by atoms with van der Waals surface area (Å²) in [5.41, 5.74) is 4.38. The van der Waals surface area contributed by atoms with E-state index in [1.165, 1.54) is 5.56 Å². The van der Waals surface area contributed by atoms with Gasteiger partial charge in [0.15, 0.2) is 0 Å². The maximum Gasteiger partial charge on any atom is 0.237 e. The van der Waals surface area contributed by atoms with E-state index in [1.807, 2.05) is 50.2 Å². The topological polar surface area (TPSA) is 70.7 Å². The Hall–Kier alpha value is -2.86. The molecule has 0 radical (unpaired) electrons. The van der Waals surface area contributed by atoms with Crippen LogP contribution in [0.2, 0.25) is 0 Å². The number of nitrogens with one attached hydrogen (secondary N) is 2. The highest BCUT2D eigenvalue weighted by Crippen LogP contribution is 2.21. The van der Waals surface area contributed by atoms with E-state index in [2.05, 4.69) is 21.6 Å². The number of hydrogen-bond donors (Lipinski definition) is 2. The van der Waals surface area contributed by atoms with Gasteiger partial charge in [-0.2, -0.15) is 0 Å². The summed E-state index contributed by atoms with van der Waals surface area (Å²) in [6, 6.07) is 13.6. The zero-order chi connectivity index (χ0) is 20.8. The first-order valence-electron chi connectivity index (χ1n) is 9.94. The van der Waals surface area contributed by atoms with Crippen LogP contribution in [0.5, 0.6) is 5.75 Å². The van der Waals surface area contributed by atoms with Crippen molar-refractivity contribution in [1.82, 2.24) is 15.5 Å². The zero-order valence-corrected chi connectivity index (χ0v) is 17.3. The molecule has 2 aromatic rings. The Labute approximate surface area is 172 Å². The fraction of sp³-hybridized carbons (Fsp3) is 0.391. The first-order chi connectivity index (χ1) is 14.0. The molecule has 29 heavy (non-hydrogen) atoms. The van der Waals surface area contributed by atoms with Crippen molar-refractivity contribution < 1.29 is 14.3 Å². The van der Waals surface area contributed by atoms with Gasteiger partial charge in [-0.05, 0) is 36.6 Å². The number of ether oxygens (including phenoxy) is 1. The average molecular weight is 396 g/mol. The maximum atomic E-state index is 12.5. The standard InChI is InChI=1S/C23H29N3O3/c1-16-4-6-18(7-5-16)14-25-22(27)13-20-23(28)24-10-11-26(20)15-19-8-9-21(29-3)17(2)12-19/h4-9,12,20H,10-11,13-15H2,1-3H3,(H,24,28)(H,25,27)/t20-/m0/s1. The Morgan fingerprint density at radius 3 is 2.59 bits per heavy atom. The summed E-state index contributed by atoms with van der Waals surface area (Å²) < 4.78 is 5.32. The van der Waals surface area contributed by atoms with Crippen LogP contribution in [0.3, 0.4) is 0 Å². The van der Waals surface area contributed by atoms with Crippen LogP contribution in [0.1, 0.15) is 28.7 Å². The molecule has 0 aliphatic carbocycles. The van der Waals surface area contributed by atoms with Crippen molar-refractivity contribution in [2.75, 3.05) is 20.2 Å². The molecule has 1 aliphatic rings. The minimum absolute atomic E-state index is 0.0908. The van der Waals surface area contributed by atoms with E-state index in [4.69, 9.17) is 4.74 Å². The summed E-state index contributed by atoms with van der Waals surface area (Å²) in [5.74, 6) is 0.632. The normalized spacial score (nSPS) is 16.9. The Bertz CT molecular complexity index is 864. The molecule has 1 saturated heterocycles. The third kappa shape index (κ3) is 5.57. The second kappa shape index (κ2) is 9.56. The van der Waals surface area contributed by atoms with E-state index in [0.717, 1.165) is 22.4 Å². The molecule has 0 spiro atoms. The van der Waals surface area contributed by atoms with Gasteiger partial charge in [0.1, 0.15) is 5.75 Å². The number of benzene rings is 2. The molecule has 0 aromatic heterocycles. The second-order valence-corrected chi connectivity index (χ2v) is 7.55. The third-order valence-corrected chi connectivity index (χ3v) is 5.28. The molecule has 1 aliphatic heterocycles. The summed E-state index contributed by atoms with van der Waals surface area (Å²) in [6.45, 7) is 6.42. The van der Waals surface area contributed by atoms with Crippen LogP contribution in [-0.4, -0.2) is 43.0 Å². The highest BCUT2D eigenvalue weighted by Gasteiger charge is 2.31. The van der Waals surface area contributed by atoms with Crippen molar-refractivity contribution in [3.63, 3.8) is 0 Å². The summed E-state index contributed by atoms with van der Waals surface area (Å²) in [5, 5.41) is 5.82. The maximum absolute atomic E-state index is 12.5. The van der Waals surface area contributed by atoms with Gasteiger partial charge >= 0.3 is 0 Å². The molecule has 2 N–H and O–H groups in total. The predicted molar refractivity (Wildman–Crippen MR) is 113 cm³/mol. The van der Waals surface area contributed by atoms with Gasteiger partial charge in [-0.15, -0.1) is 0 Å². The van der Waals surface area contributed by atoms with Crippen molar-refractivity contribution in [2.24, 2.45) is 0 Å². The van der Waals surface area contributed by atoms with Gasteiger partial charge < -0.3 is 15.4 Å². The number of hydrogen-bond acceptors (Lipinski definition) is 4.